The van der Waals surface area contributed by atoms with Gasteiger partial charge in [0.15, 0.2) is 5.78 Å². The molecule has 0 aliphatic carbocycles. The lowest BCUT2D eigenvalue weighted by Crippen LogP contribution is -2.15. The van der Waals surface area contributed by atoms with E-state index in [1.165, 1.54) is 12.1 Å². The smallest absolute Gasteiger partial charge is 0.299 e. The summed E-state index contributed by atoms with van der Waals surface area (Å²) in [6, 6.07) is 4.52. The van der Waals surface area contributed by atoms with Crippen LogP contribution in [0.15, 0.2) is 24.3 Å². The Morgan fingerprint density at radius 2 is 1.78 bits per heavy atom. The molecule has 0 aliphatic rings. The second-order valence-electron chi connectivity index (χ2n) is 3.93. The molecule has 18 heavy (non-hydrogen) atoms. The fourth-order valence-electron chi connectivity index (χ4n) is 1.61. The lowest BCUT2D eigenvalue weighted by atomic mass is 9.99. The molecule has 0 radical (unpaired) electrons. The number of ketones is 2. The molecule has 0 atom stereocenters. The lowest BCUT2D eigenvalue weighted by molar-refractivity contribution is -0.138. The average molecular weight is 258 g/mol. The summed E-state index contributed by atoms with van der Waals surface area (Å²) in [6.45, 7) is 1.77. The summed E-state index contributed by atoms with van der Waals surface area (Å²) in [5.41, 5.74) is -1.42. The Morgan fingerprint density at radius 3 is 2.33 bits per heavy atom. The number of Topliss-reactive ketones (excluding diaryl/α,β-unsaturated/α-hetero) is 2. The van der Waals surface area contributed by atoms with Gasteiger partial charge >= 0.3 is 6.18 Å². The molecule has 2 nitrogen and oxygen atoms in total. The van der Waals surface area contributed by atoms with Crippen molar-refractivity contribution in [2.45, 2.75) is 32.4 Å². The molecule has 0 saturated heterocycles. The van der Waals surface area contributed by atoms with Crippen LogP contribution < -0.4 is 0 Å². The maximum atomic E-state index is 12.7. The van der Waals surface area contributed by atoms with Crippen molar-refractivity contribution in [3.63, 3.8) is 0 Å². The number of rotatable bonds is 5. The van der Waals surface area contributed by atoms with E-state index in [9.17, 15) is 22.8 Å². The molecular weight excluding hydrogens is 245 g/mol. The largest absolute Gasteiger partial charge is 0.417 e. The molecule has 0 spiro atoms. The van der Waals surface area contributed by atoms with Crippen LogP contribution in [0, 0.1) is 0 Å². The molecule has 1 rings (SSSR count). The fourth-order valence-corrected chi connectivity index (χ4v) is 1.61. The van der Waals surface area contributed by atoms with Crippen molar-refractivity contribution >= 4 is 11.6 Å². The molecule has 0 heterocycles. The van der Waals surface area contributed by atoms with Gasteiger partial charge in [0.25, 0.3) is 0 Å². The Hall–Kier alpha value is -1.65. The fraction of sp³-hybridized carbons (Fsp3) is 0.385. The molecule has 1 aromatic carbocycles. The van der Waals surface area contributed by atoms with E-state index in [1.807, 2.05) is 0 Å². The van der Waals surface area contributed by atoms with Gasteiger partial charge in [0.2, 0.25) is 0 Å². The third-order valence-electron chi connectivity index (χ3n) is 2.42. The Labute approximate surface area is 103 Å². The molecular formula is C13H13F3O2. The molecule has 0 aromatic heterocycles. The highest BCUT2D eigenvalue weighted by Gasteiger charge is 2.34. The van der Waals surface area contributed by atoms with Crippen LogP contribution in [0.5, 0.6) is 0 Å². The van der Waals surface area contributed by atoms with Gasteiger partial charge in [-0.2, -0.15) is 13.2 Å². The summed E-state index contributed by atoms with van der Waals surface area (Å²) in [5.74, 6) is -1.11. The molecule has 0 saturated carbocycles. The normalized spacial score (nSPS) is 11.3. The van der Waals surface area contributed by atoms with Crippen molar-refractivity contribution in [2.75, 3.05) is 0 Å². The summed E-state index contributed by atoms with van der Waals surface area (Å²) < 4.78 is 38.0. The zero-order valence-corrected chi connectivity index (χ0v) is 9.88. The molecule has 0 unspecified atom stereocenters. The highest BCUT2D eigenvalue weighted by atomic mass is 19.4. The molecule has 98 valence electrons. The minimum Gasteiger partial charge on any atom is -0.299 e. The van der Waals surface area contributed by atoms with Crippen molar-refractivity contribution in [3.05, 3.63) is 35.4 Å². The van der Waals surface area contributed by atoms with Crippen LogP contribution in [0.1, 0.15) is 42.1 Å². The first-order valence-electron chi connectivity index (χ1n) is 5.57. The van der Waals surface area contributed by atoms with Crippen molar-refractivity contribution in [1.29, 1.82) is 0 Å². The molecule has 0 bridgehead atoms. The first-order valence-corrected chi connectivity index (χ1v) is 5.57. The van der Waals surface area contributed by atoms with E-state index in [2.05, 4.69) is 0 Å². The van der Waals surface area contributed by atoms with E-state index < -0.39 is 29.5 Å². The summed E-state index contributed by atoms with van der Waals surface area (Å²) in [4.78, 5) is 23.0. The third kappa shape index (κ3) is 3.68. The van der Waals surface area contributed by atoms with Crippen molar-refractivity contribution in [2.24, 2.45) is 0 Å². The van der Waals surface area contributed by atoms with Gasteiger partial charge in [0, 0.05) is 12.0 Å². The van der Waals surface area contributed by atoms with Gasteiger partial charge in [-0.15, -0.1) is 0 Å². The van der Waals surface area contributed by atoms with Gasteiger partial charge in [0.05, 0.1) is 12.0 Å². The molecule has 0 aliphatic heterocycles. The highest BCUT2D eigenvalue weighted by molar-refractivity contribution is 6.08. The van der Waals surface area contributed by atoms with Gasteiger partial charge in [-0.05, 0) is 12.5 Å². The predicted octanol–water partition coefficient (Wildman–Crippen LogP) is 3.65. The number of benzene rings is 1. The summed E-state index contributed by atoms with van der Waals surface area (Å²) in [5, 5.41) is 0. The lowest BCUT2D eigenvalue weighted by Gasteiger charge is -2.11. The molecule has 0 N–H and O–H groups in total. The van der Waals surface area contributed by atoms with Crippen LogP contribution in [0.25, 0.3) is 0 Å². The van der Waals surface area contributed by atoms with Crippen molar-refractivity contribution in [1.82, 2.24) is 0 Å². The van der Waals surface area contributed by atoms with Gasteiger partial charge in [-0.25, -0.2) is 0 Å². The van der Waals surface area contributed by atoms with Crippen LogP contribution in [-0.2, 0) is 11.0 Å². The van der Waals surface area contributed by atoms with Gasteiger partial charge < -0.3 is 0 Å². The zero-order valence-electron chi connectivity index (χ0n) is 9.88. The quantitative estimate of drug-likeness (QED) is 0.596. The number of alkyl halides is 3. The van der Waals surface area contributed by atoms with Crippen LogP contribution in [0.2, 0.25) is 0 Å². The average Bonchev–Trinajstić information content (AvgIpc) is 2.28. The van der Waals surface area contributed by atoms with Crippen LogP contribution in [0.4, 0.5) is 13.2 Å². The Morgan fingerprint density at radius 1 is 1.17 bits per heavy atom. The molecule has 0 fully saturated rings. The number of carbonyl (C=O) groups excluding carboxylic acids is 2. The van der Waals surface area contributed by atoms with E-state index in [0.29, 0.717) is 6.42 Å². The Balaban J connectivity index is 2.96. The summed E-state index contributed by atoms with van der Waals surface area (Å²) in [7, 11) is 0. The predicted molar refractivity (Wildman–Crippen MR) is 60.3 cm³/mol. The van der Waals surface area contributed by atoms with E-state index >= 15 is 0 Å². The number of hydrogen-bond acceptors (Lipinski definition) is 2. The first-order chi connectivity index (χ1) is 8.36. The first kappa shape index (κ1) is 14.4. The molecule has 1 aromatic rings. The monoisotopic (exact) mass is 258 g/mol. The topological polar surface area (TPSA) is 34.1 Å². The van der Waals surface area contributed by atoms with Gasteiger partial charge in [0.1, 0.15) is 5.78 Å². The van der Waals surface area contributed by atoms with Crippen LogP contribution in [-0.4, -0.2) is 11.6 Å². The minimum atomic E-state index is -4.58. The summed E-state index contributed by atoms with van der Waals surface area (Å²) in [6.07, 6.45) is -4.27. The Bertz CT molecular complexity index is 450. The number of carbonyl (C=O) groups is 2. The third-order valence-corrected chi connectivity index (χ3v) is 2.42. The van der Waals surface area contributed by atoms with E-state index in [-0.39, 0.29) is 12.2 Å². The second kappa shape index (κ2) is 5.80. The van der Waals surface area contributed by atoms with Crippen LogP contribution in [0.3, 0.4) is 0 Å². The van der Waals surface area contributed by atoms with E-state index in [1.54, 1.807) is 6.92 Å². The van der Waals surface area contributed by atoms with Gasteiger partial charge in [-0.3, -0.25) is 9.59 Å². The van der Waals surface area contributed by atoms with E-state index in [0.717, 1.165) is 12.1 Å². The summed E-state index contributed by atoms with van der Waals surface area (Å²) >= 11 is 0. The number of hydrogen-bond donors (Lipinski definition) is 0. The molecule has 5 heteroatoms. The van der Waals surface area contributed by atoms with Crippen molar-refractivity contribution < 1.29 is 22.8 Å². The maximum Gasteiger partial charge on any atom is 0.417 e. The van der Waals surface area contributed by atoms with Gasteiger partial charge in [-0.1, -0.05) is 25.1 Å². The minimum absolute atomic E-state index is 0.208. The standard InChI is InChI=1S/C13H13F3O2/c1-2-5-9(17)8-12(18)10-6-3-4-7-11(10)13(14,15)16/h3-4,6-7H,2,5,8H2,1H3. The van der Waals surface area contributed by atoms with Crippen molar-refractivity contribution in [3.8, 4) is 0 Å². The van der Waals surface area contributed by atoms with Crippen LogP contribution >= 0.6 is 0 Å². The maximum absolute atomic E-state index is 12.7. The number of halogens is 3. The SMILES string of the molecule is CCCC(=O)CC(=O)c1ccccc1C(F)(F)F. The highest BCUT2D eigenvalue weighted by Crippen LogP contribution is 2.32. The molecule has 0 amide bonds. The Kier molecular flexibility index (Phi) is 4.64. The zero-order chi connectivity index (χ0) is 13.8. The van der Waals surface area contributed by atoms with E-state index in [4.69, 9.17) is 0 Å². The second-order valence-corrected chi connectivity index (χ2v) is 3.93.